The van der Waals surface area contributed by atoms with E-state index in [2.05, 4.69) is 19.2 Å². The van der Waals surface area contributed by atoms with E-state index in [-0.39, 0.29) is 6.61 Å². The number of ether oxygens (including phenoxy) is 1. The molecule has 19 heavy (non-hydrogen) atoms. The second-order valence-electron chi connectivity index (χ2n) is 4.60. The summed E-state index contributed by atoms with van der Waals surface area (Å²) < 4.78 is 4.76. The summed E-state index contributed by atoms with van der Waals surface area (Å²) >= 11 is 0. The molecule has 5 heteroatoms. The maximum absolute atomic E-state index is 11.9. The molecule has 0 spiro atoms. The van der Waals surface area contributed by atoms with Crippen LogP contribution in [0.25, 0.3) is 0 Å². The fraction of sp³-hybridized carbons (Fsp3) is 0.429. The molecule has 0 fully saturated rings. The number of carbonyl (C=O) groups excluding carboxylic acids is 1. The van der Waals surface area contributed by atoms with Crippen LogP contribution < -0.4 is 5.32 Å². The summed E-state index contributed by atoms with van der Waals surface area (Å²) in [6.07, 6.45) is 0. The molecule has 0 aliphatic rings. The number of carbonyl (C=O) groups is 2. The zero-order valence-corrected chi connectivity index (χ0v) is 11.3. The van der Waals surface area contributed by atoms with E-state index < -0.39 is 17.9 Å². The van der Waals surface area contributed by atoms with Crippen LogP contribution in [0.1, 0.15) is 35.7 Å². The van der Waals surface area contributed by atoms with Crippen LogP contribution >= 0.6 is 0 Å². The fourth-order valence-corrected chi connectivity index (χ4v) is 1.60. The monoisotopic (exact) mass is 265 g/mol. The number of benzene rings is 1. The predicted octanol–water partition coefficient (Wildman–Crippen LogP) is 1.64. The molecule has 2 N–H and O–H groups in total. The maximum Gasteiger partial charge on any atom is 0.328 e. The van der Waals surface area contributed by atoms with E-state index in [0.717, 1.165) is 5.56 Å². The molecule has 1 aromatic rings. The van der Waals surface area contributed by atoms with Gasteiger partial charge in [-0.2, -0.15) is 0 Å². The van der Waals surface area contributed by atoms with Crippen molar-refractivity contribution in [1.29, 1.82) is 0 Å². The highest BCUT2D eigenvalue weighted by Gasteiger charge is 2.20. The molecule has 0 radical (unpaired) electrons. The fourth-order valence-electron chi connectivity index (χ4n) is 1.60. The first-order valence-corrected chi connectivity index (χ1v) is 6.08. The summed E-state index contributed by atoms with van der Waals surface area (Å²) in [5.74, 6) is -1.15. The topological polar surface area (TPSA) is 75.6 Å². The van der Waals surface area contributed by atoms with Crippen molar-refractivity contribution >= 4 is 11.9 Å². The lowest BCUT2D eigenvalue weighted by molar-refractivity contribution is -0.140. The summed E-state index contributed by atoms with van der Waals surface area (Å²) in [5, 5.41) is 11.3. The van der Waals surface area contributed by atoms with Crippen molar-refractivity contribution in [2.75, 3.05) is 13.7 Å². The Hall–Kier alpha value is -1.88. The number of amides is 1. The van der Waals surface area contributed by atoms with E-state index >= 15 is 0 Å². The van der Waals surface area contributed by atoms with Gasteiger partial charge in [-0.15, -0.1) is 0 Å². The second kappa shape index (κ2) is 6.89. The molecule has 1 atom stereocenters. The summed E-state index contributed by atoms with van der Waals surface area (Å²) in [5.41, 5.74) is 1.56. The normalized spacial score (nSPS) is 12.2. The Kier molecular flexibility index (Phi) is 5.51. The molecule has 0 aliphatic heterocycles. The first-order chi connectivity index (χ1) is 8.95. The number of carboxylic acids is 1. The van der Waals surface area contributed by atoms with Crippen LogP contribution in [0.2, 0.25) is 0 Å². The molecule has 104 valence electrons. The first-order valence-electron chi connectivity index (χ1n) is 6.08. The minimum absolute atomic E-state index is 0.0643. The number of rotatable bonds is 6. The second-order valence-corrected chi connectivity index (χ2v) is 4.60. The smallest absolute Gasteiger partial charge is 0.328 e. The molecular weight excluding hydrogens is 246 g/mol. The van der Waals surface area contributed by atoms with Crippen molar-refractivity contribution in [3.63, 3.8) is 0 Å². The van der Waals surface area contributed by atoms with Crippen LogP contribution in [-0.2, 0) is 9.53 Å². The number of methoxy groups -OCH3 is 1. The van der Waals surface area contributed by atoms with E-state index in [1.54, 1.807) is 12.1 Å². The minimum Gasteiger partial charge on any atom is -0.480 e. The first kappa shape index (κ1) is 15.2. The molecule has 0 saturated heterocycles. The van der Waals surface area contributed by atoms with E-state index in [1.165, 1.54) is 7.11 Å². The van der Waals surface area contributed by atoms with Crippen molar-refractivity contribution in [2.45, 2.75) is 25.8 Å². The third-order valence-corrected chi connectivity index (χ3v) is 2.78. The standard InChI is InChI=1S/C14H19NO4/c1-9(2)10-4-6-11(7-5-10)13(16)15-12(8-19-3)14(17)18/h4-7,9,12H,8H2,1-3H3,(H,15,16)(H,17,18). The summed E-state index contributed by atoms with van der Waals surface area (Å²) in [4.78, 5) is 22.8. The molecular formula is C14H19NO4. The molecule has 1 amide bonds. The van der Waals surface area contributed by atoms with Gasteiger partial charge in [0.2, 0.25) is 0 Å². The van der Waals surface area contributed by atoms with E-state index in [0.29, 0.717) is 11.5 Å². The van der Waals surface area contributed by atoms with Gasteiger partial charge >= 0.3 is 5.97 Å². The number of hydrogen-bond donors (Lipinski definition) is 2. The lowest BCUT2D eigenvalue weighted by Crippen LogP contribution is -2.43. The Morgan fingerprint density at radius 3 is 2.26 bits per heavy atom. The zero-order valence-electron chi connectivity index (χ0n) is 11.3. The zero-order chi connectivity index (χ0) is 14.4. The van der Waals surface area contributed by atoms with Gasteiger partial charge in [-0.3, -0.25) is 4.79 Å². The van der Waals surface area contributed by atoms with Crippen LogP contribution in [0.4, 0.5) is 0 Å². The average Bonchev–Trinajstić information content (AvgIpc) is 2.38. The van der Waals surface area contributed by atoms with Crippen molar-refractivity contribution in [1.82, 2.24) is 5.32 Å². The summed E-state index contributed by atoms with van der Waals surface area (Å²) in [6, 6.07) is 6.08. The van der Waals surface area contributed by atoms with Crippen LogP contribution in [0.15, 0.2) is 24.3 Å². The molecule has 5 nitrogen and oxygen atoms in total. The molecule has 0 heterocycles. The highest BCUT2D eigenvalue weighted by Crippen LogP contribution is 2.14. The van der Waals surface area contributed by atoms with Crippen LogP contribution in [-0.4, -0.2) is 36.7 Å². The Labute approximate surface area is 112 Å². The molecule has 1 aromatic carbocycles. The maximum atomic E-state index is 11.9. The van der Waals surface area contributed by atoms with Crippen molar-refractivity contribution < 1.29 is 19.4 Å². The van der Waals surface area contributed by atoms with Gasteiger partial charge in [-0.1, -0.05) is 26.0 Å². The third-order valence-electron chi connectivity index (χ3n) is 2.78. The summed E-state index contributed by atoms with van der Waals surface area (Å²) in [6.45, 7) is 4.06. The van der Waals surface area contributed by atoms with Crippen LogP contribution in [0, 0.1) is 0 Å². The quantitative estimate of drug-likeness (QED) is 0.820. The Morgan fingerprint density at radius 2 is 1.84 bits per heavy atom. The molecule has 0 aromatic heterocycles. The summed E-state index contributed by atoms with van der Waals surface area (Å²) in [7, 11) is 1.39. The van der Waals surface area contributed by atoms with E-state index in [9.17, 15) is 9.59 Å². The van der Waals surface area contributed by atoms with Gasteiger partial charge < -0.3 is 15.2 Å². The predicted molar refractivity (Wildman–Crippen MR) is 71.3 cm³/mol. The van der Waals surface area contributed by atoms with Crippen LogP contribution in [0.5, 0.6) is 0 Å². The van der Waals surface area contributed by atoms with E-state index in [4.69, 9.17) is 9.84 Å². The Balaban J connectivity index is 2.74. The molecule has 1 rings (SSSR count). The largest absolute Gasteiger partial charge is 0.480 e. The highest BCUT2D eigenvalue weighted by molar-refractivity contribution is 5.96. The number of aliphatic carboxylic acids is 1. The molecule has 1 unspecified atom stereocenters. The van der Waals surface area contributed by atoms with Gasteiger partial charge in [-0.05, 0) is 23.6 Å². The number of nitrogens with one attached hydrogen (secondary N) is 1. The van der Waals surface area contributed by atoms with Gasteiger partial charge in [0.15, 0.2) is 6.04 Å². The van der Waals surface area contributed by atoms with Gasteiger partial charge in [0.25, 0.3) is 5.91 Å². The number of hydrogen-bond acceptors (Lipinski definition) is 3. The van der Waals surface area contributed by atoms with Gasteiger partial charge in [0.05, 0.1) is 6.61 Å². The molecule has 0 saturated carbocycles. The van der Waals surface area contributed by atoms with Crippen LogP contribution in [0.3, 0.4) is 0 Å². The third kappa shape index (κ3) is 4.37. The lowest BCUT2D eigenvalue weighted by Gasteiger charge is -2.14. The Bertz CT molecular complexity index is 439. The number of carboxylic acid groups (broad SMARTS) is 1. The average molecular weight is 265 g/mol. The van der Waals surface area contributed by atoms with Crippen molar-refractivity contribution in [3.8, 4) is 0 Å². The molecule has 0 aliphatic carbocycles. The van der Waals surface area contributed by atoms with Gasteiger partial charge in [0.1, 0.15) is 0 Å². The molecule has 0 bridgehead atoms. The lowest BCUT2D eigenvalue weighted by atomic mass is 10.0. The Morgan fingerprint density at radius 1 is 1.26 bits per heavy atom. The van der Waals surface area contributed by atoms with Gasteiger partial charge in [0, 0.05) is 12.7 Å². The van der Waals surface area contributed by atoms with Crippen molar-refractivity contribution in [2.24, 2.45) is 0 Å². The highest BCUT2D eigenvalue weighted by atomic mass is 16.5. The van der Waals surface area contributed by atoms with Crippen molar-refractivity contribution in [3.05, 3.63) is 35.4 Å². The van der Waals surface area contributed by atoms with E-state index in [1.807, 2.05) is 12.1 Å². The van der Waals surface area contributed by atoms with Gasteiger partial charge in [-0.25, -0.2) is 4.79 Å². The SMILES string of the molecule is COCC(NC(=O)c1ccc(C(C)C)cc1)C(=O)O. The minimum atomic E-state index is -1.12.